The molecule has 2 aliphatic heterocycles. The molecule has 4 rings (SSSR count). The summed E-state index contributed by atoms with van der Waals surface area (Å²) < 4.78 is 11.0. The highest BCUT2D eigenvalue weighted by molar-refractivity contribution is 7.13. The lowest BCUT2D eigenvalue weighted by Gasteiger charge is -2.34. The first kappa shape index (κ1) is 16.9. The molecule has 1 aromatic heterocycles. The van der Waals surface area contributed by atoms with Gasteiger partial charge in [-0.3, -0.25) is 9.59 Å². The summed E-state index contributed by atoms with van der Waals surface area (Å²) in [7, 11) is 0. The number of carbonyl (C=O) groups is 2. The maximum atomic E-state index is 12.8. The average molecular weight is 372 g/mol. The lowest BCUT2D eigenvalue weighted by molar-refractivity contribution is 0.0537. The number of ether oxygens (including phenoxy) is 2. The molecule has 0 N–H and O–H groups in total. The molecule has 2 aromatic rings. The van der Waals surface area contributed by atoms with E-state index in [0.29, 0.717) is 56.5 Å². The van der Waals surface area contributed by atoms with Gasteiger partial charge in [0.15, 0.2) is 11.5 Å². The van der Waals surface area contributed by atoms with Crippen LogP contribution >= 0.6 is 11.3 Å². The molecule has 2 aliphatic rings. The van der Waals surface area contributed by atoms with E-state index in [-0.39, 0.29) is 11.8 Å². The number of carbonyl (C=O) groups excluding carboxylic acids is 2. The maximum absolute atomic E-state index is 12.8. The minimum atomic E-state index is -0.0407. The van der Waals surface area contributed by atoms with Crippen molar-refractivity contribution in [1.82, 2.24) is 9.80 Å². The second-order valence-corrected chi connectivity index (χ2v) is 7.64. The number of piperazine rings is 1. The summed E-state index contributed by atoms with van der Waals surface area (Å²) in [6.45, 7) is 5.17. The Morgan fingerprint density at radius 1 is 0.885 bits per heavy atom. The van der Waals surface area contributed by atoms with Crippen molar-refractivity contribution in [3.8, 4) is 11.5 Å². The van der Waals surface area contributed by atoms with Crippen LogP contribution in [0.2, 0.25) is 0 Å². The predicted octanol–water partition coefficient (Wildman–Crippen LogP) is 2.43. The Bertz CT molecular complexity index is 840. The van der Waals surface area contributed by atoms with Gasteiger partial charge in [0.1, 0.15) is 13.2 Å². The van der Waals surface area contributed by atoms with E-state index >= 15 is 0 Å². The monoisotopic (exact) mass is 372 g/mol. The van der Waals surface area contributed by atoms with Crippen molar-refractivity contribution in [2.24, 2.45) is 0 Å². The first-order valence-corrected chi connectivity index (χ1v) is 9.48. The molecule has 1 saturated heterocycles. The van der Waals surface area contributed by atoms with E-state index in [2.05, 4.69) is 0 Å². The van der Waals surface area contributed by atoms with Gasteiger partial charge in [-0.2, -0.15) is 0 Å². The molecule has 0 aliphatic carbocycles. The van der Waals surface area contributed by atoms with Gasteiger partial charge in [-0.25, -0.2) is 0 Å². The highest BCUT2D eigenvalue weighted by Crippen LogP contribution is 2.31. The molecule has 3 heterocycles. The van der Waals surface area contributed by atoms with E-state index in [4.69, 9.17) is 9.47 Å². The van der Waals surface area contributed by atoms with E-state index in [9.17, 15) is 9.59 Å². The van der Waals surface area contributed by atoms with Crippen LogP contribution in [-0.4, -0.2) is 61.0 Å². The van der Waals surface area contributed by atoms with Crippen LogP contribution in [0.4, 0.5) is 0 Å². The molecule has 0 atom stereocenters. The number of fused-ring (bicyclic) bond motifs is 1. The normalized spacial score (nSPS) is 16.5. The van der Waals surface area contributed by atoms with Gasteiger partial charge in [0.25, 0.3) is 11.8 Å². The Labute approximate surface area is 155 Å². The largest absolute Gasteiger partial charge is 0.486 e. The van der Waals surface area contributed by atoms with Crippen molar-refractivity contribution in [2.45, 2.75) is 6.92 Å². The Balaban J connectivity index is 1.40. The zero-order valence-corrected chi connectivity index (χ0v) is 15.4. The van der Waals surface area contributed by atoms with Crippen LogP contribution in [-0.2, 0) is 0 Å². The van der Waals surface area contributed by atoms with Gasteiger partial charge in [-0.15, -0.1) is 11.3 Å². The molecule has 136 valence electrons. The van der Waals surface area contributed by atoms with Crippen LogP contribution in [0.15, 0.2) is 30.3 Å². The molecule has 6 nitrogen and oxygen atoms in total. The van der Waals surface area contributed by atoms with Crippen LogP contribution in [0, 0.1) is 6.92 Å². The molecule has 1 aromatic carbocycles. The molecule has 0 spiro atoms. The van der Waals surface area contributed by atoms with Gasteiger partial charge in [0, 0.05) is 36.6 Å². The lowest BCUT2D eigenvalue weighted by Crippen LogP contribution is -2.50. The fourth-order valence-electron chi connectivity index (χ4n) is 3.18. The molecular weight excluding hydrogens is 352 g/mol. The summed E-state index contributed by atoms with van der Waals surface area (Å²) in [5, 5.41) is 0. The first-order chi connectivity index (χ1) is 12.6. The van der Waals surface area contributed by atoms with Gasteiger partial charge < -0.3 is 19.3 Å². The molecule has 1 fully saturated rings. The minimum absolute atomic E-state index is 0.0407. The number of amides is 2. The quantitative estimate of drug-likeness (QED) is 0.812. The van der Waals surface area contributed by atoms with Crippen molar-refractivity contribution in [3.05, 3.63) is 45.6 Å². The summed E-state index contributed by atoms with van der Waals surface area (Å²) in [4.78, 5) is 30.8. The van der Waals surface area contributed by atoms with Gasteiger partial charge in [0.05, 0.1) is 4.88 Å². The number of rotatable bonds is 2. The van der Waals surface area contributed by atoms with E-state index in [1.54, 1.807) is 23.1 Å². The third kappa shape index (κ3) is 3.26. The number of thiophene rings is 1. The van der Waals surface area contributed by atoms with Crippen molar-refractivity contribution >= 4 is 23.2 Å². The Morgan fingerprint density at radius 3 is 2.19 bits per heavy atom. The molecule has 0 radical (unpaired) electrons. The fraction of sp³-hybridized carbons (Fsp3) is 0.368. The number of hydrogen-bond acceptors (Lipinski definition) is 5. The Hall–Kier alpha value is -2.54. The van der Waals surface area contributed by atoms with Crippen LogP contribution in [0.3, 0.4) is 0 Å². The van der Waals surface area contributed by atoms with Crippen LogP contribution < -0.4 is 9.47 Å². The summed E-state index contributed by atoms with van der Waals surface area (Å²) in [6.07, 6.45) is 0. The van der Waals surface area contributed by atoms with E-state index in [0.717, 1.165) is 9.75 Å². The van der Waals surface area contributed by atoms with Crippen LogP contribution in [0.5, 0.6) is 11.5 Å². The van der Waals surface area contributed by atoms with Gasteiger partial charge >= 0.3 is 0 Å². The Morgan fingerprint density at radius 2 is 1.54 bits per heavy atom. The smallest absolute Gasteiger partial charge is 0.264 e. The van der Waals surface area contributed by atoms with E-state index in [1.165, 1.54) is 11.3 Å². The summed E-state index contributed by atoms with van der Waals surface area (Å²) in [5.41, 5.74) is 0.586. The topological polar surface area (TPSA) is 59.1 Å². The summed E-state index contributed by atoms with van der Waals surface area (Å²) >= 11 is 1.51. The van der Waals surface area contributed by atoms with Crippen molar-refractivity contribution in [2.75, 3.05) is 39.4 Å². The highest BCUT2D eigenvalue weighted by Gasteiger charge is 2.27. The zero-order chi connectivity index (χ0) is 18.1. The fourth-order valence-corrected chi connectivity index (χ4v) is 4.01. The predicted molar refractivity (Wildman–Crippen MR) is 98.3 cm³/mol. The molecule has 26 heavy (non-hydrogen) atoms. The van der Waals surface area contributed by atoms with Crippen molar-refractivity contribution in [3.63, 3.8) is 0 Å². The van der Waals surface area contributed by atoms with E-state index < -0.39 is 0 Å². The number of nitrogens with zero attached hydrogens (tertiary/aromatic N) is 2. The SMILES string of the molecule is Cc1ccc(C(=O)N2CCN(C(=O)c3ccc4c(c3)OCCO4)CC2)s1. The molecule has 0 unspecified atom stereocenters. The van der Waals surface area contributed by atoms with Gasteiger partial charge in [-0.1, -0.05) is 0 Å². The third-order valence-corrected chi connectivity index (χ3v) is 5.58. The zero-order valence-electron chi connectivity index (χ0n) is 14.6. The van der Waals surface area contributed by atoms with Gasteiger partial charge in [0.2, 0.25) is 0 Å². The Kier molecular flexibility index (Phi) is 4.55. The van der Waals surface area contributed by atoms with E-state index in [1.807, 2.05) is 24.0 Å². The standard InChI is InChI=1S/C19H20N2O4S/c1-13-2-5-17(26-13)19(23)21-8-6-20(7-9-21)18(22)14-3-4-15-16(12-14)25-11-10-24-15/h2-5,12H,6-11H2,1H3. The number of hydrogen-bond donors (Lipinski definition) is 0. The lowest BCUT2D eigenvalue weighted by atomic mass is 10.1. The molecule has 7 heteroatoms. The molecule has 0 saturated carbocycles. The second-order valence-electron chi connectivity index (χ2n) is 6.35. The second kappa shape index (κ2) is 6.99. The highest BCUT2D eigenvalue weighted by atomic mass is 32.1. The molecule has 2 amide bonds. The molecular formula is C19H20N2O4S. The van der Waals surface area contributed by atoms with Crippen molar-refractivity contribution in [1.29, 1.82) is 0 Å². The number of benzene rings is 1. The van der Waals surface area contributed by atoms with Crippen LogP contribution in [0.25, 0.3) is 0 Å². The van der Waals surface area contributed by atoms with Crippen LogP contribution in [0.1, 0.15) is 24.9 Å². The molecule has 0 bridgehead atoms. The average Bonchev–Trinajstić information content (AvgIpc) is 3.13. The minimum Gasteiger partial charge on any atom is -0.486 e. The number of aryl methyl sites for hydroxylation is 1. The summed E-state index contributed by atoms with van der Waals surface area (Å²) in [6, 6.07) is 9.11. The maximum Gasteiger partial charge on any atom is 0.264 e. The summed E-state index contributed by atoms with van der Waals surface area (Å²) in [5.74, 6) is 1.30. The van der Waals surface area contributed by atoms with Crippen molar-refractivity contribution < 1.29 is 19.1 Å². The third-order valence-electron chi connectivity index (χ3n) is 4.59. The first-order valence-electron chi connectivity index (χ1n) is 8.66. The van der Waals surface area contributed by atoms with Gasteiger partial charge in [-0.05, 0) is 37.3 Å².